The Morgan fingerprint density at radius 3 is 2.70 bits per heavy atom. The maximum atomic E-state index is 12.7. The summed E-state index contributed by atoms with van der Waals surface area (Å²) < 4.78 is 0. The number of rotatable bonds is 1. The molecule has 0 unspecified atom stereocenters. The van der Waals surface area contributed by atoms with Gasteiger partial charge in [-0.3, -0.25) is 4.79 Å². The third kappa shape index (κ3) is 2.53. The second kappa shape index (κ2) is 5.69. The molecule has 1 aromatic carbocycles. The Bertz CT molecular complexity index is 782. The molecular formula is C17H16Cl2N2OS. The van der Waals surface area contributed by atoms with Crippen molar-refractivity contribution in [2.24, 2.45) is 5.92 Å². The molecule has 2 aromatic rings. The normalized spacial score (nSPS) is 22.8. The van der Waals surface area contributed by atoms with Crippen LogP contribution in [0.4, 0.5) is 5.00 Å². The van der Waals surface area contributed by atoms with Gasteiger partial charge in [0, 0.05) is 20.5 Å². The Balaban J connectivity index is 1.75. The second-order valence-corrected chi connectivity index (χ2v) is 8.16. The number of halogens is 2. The van der Waals surface area contributed by atoms with E-state index in [4.69, 9.17) is 23.2 Å². The van der Waals surface area contributed by atoms with Crippen molar-refractivity contribution in [1.82, 2.24) is 5.32 Å². The van der Waals surface area contributed by atoms with E-state index in [1.165, 1.54) is 10.4 Å². The van der Waals surface area contributed by atoms with Crippen LogP contribution < -0.4 is 10.6 Å². The Hall–Kier alpha value is -1.23. The third-order valence-electron chi connectivity index (χ3n) is 4.58. The molecule has 1 aliphatic carbocycles. The van der Waals surface area contributed by atoms with Gasteiger partial charge in [-0.15, -0.1) is 11.3 Å². The summed E-state index contributed by atoms with van der Waals surface area (Å²) in [5.41, 5.74) is 2.75. The highest BCUT2D eigenvalue weighted by molar-refractivity contribution is 7.16. The zero-order chi connectivity index (χ0) is 16.1. The monoisotopic (exact) mass is 366 g/mol. The number of carbonyl (C=O) groups excluding carboxylic acids is 1. The predicted octanol–water partition coefficient (Wildman–Crippen LogP) is 5.03. The molecule has 0 saturated heterocycles. The summed E-state index contributed by atoms with van der Waals surface area (Å²) in [6, 6.07) is 5.37. The van der Waals surface area contributed by atoms with Gasteiger partial charge < -0.3 is 10.6 Å². The van der Waals surface area contributed by atoms with Crippen molar-refractivity contribution >= 4 is 45.4 Å². The van der Waals surface area contributed by atoms with E-state index in [0.29, 0.717) is 16.0 Å². The van der Waals surface area contributed by atoms with Gasteiger partial charge in [-0.2, -0.15) is 0 Å². The number of nitrogens with one attached hydrogen (secondary N) is 2. The third-order valence-corrected chi connectivity index (χ3v) is 6.42. The molecular weight excluding hydrogens is 351 g/mol. The van der Waals surface area contributed by atoms with Crippen molar-refractivity contribution in [3.8, 4) is 0 Å². The first-order valence-electron chi connectivity index (χ1n) is 7.70. The van der Waals surface area contributed by atoms with E-state index in [0.717, 1.165) is 35.4 Å². The van der Waals surface area contributed by atoms with Gasteiger partial charge >= 0.3 is 0 Å². The van der Waals surface area contributed by atoms with E-state index in [1.54, 1.807) is 29.5 Å². The Kier molecular flexibility index (Phi) is 3.79. The molecule has 2 aliphatic rings. The highest BCUT2D eigenvalue weighted by Crippen LogP contribution is 2.43. The highest BCUT2D eigenvalue weighted by Gasteiger charge is 2.34. The van der Waals surface area contributed by atoms with Crippen LogP contribution in [-0.4, -0.2) is 5.91 Å². The molecule has 0 spiro atoms. The number of carbonyl (C=O) groups is 1. The molecule has 0 radical (unpaired) electrons. The van der Waals surface area contributed by atoms with Gasteiger partial charge in [-0.05, 0) is 42.9 Å². The van der Waals surface area contributed by atoms with Crippen LogP contribution in [0, 0.1) is 5.92 Å². The van der Waals surface area contributed by atoms with Gasteiger partial charge in [0.25, 0.3) is 5.91 Å². The van der Waals surface area contributed by atoms with E-state index >= 15 is 0 Å². The molecule has 0 saturated carbocycles. The lowest BCUT2D eigenvalue weighted by Gasteiger charge is -2.28. The van der Waals surface area contributed by atoms with Gasteiger partial charge in [0.15, 0.2) is 0 Å². The van der Waals surface area contributed by atoms with Crippen LogP contribution in [0.1, 0.15) is 45.9 Å². The fourth-order valence-corrected chi connectivity index (χ4v) is 5.45. The summed E-state index contributed by atoms with van der Waals surface area (Å²) in [7, 11) is 0. The van der Waals surface area contributed by atoms with Crippen LogP contribution in [-0.2, 0) is 12.8 Å². The molecule has 6 heteroatoms. The molecule has 2 N–H and O–H groups in total. The first-order chi connectivity index (χ1) is 11.0. The van der Waals surface area contributed by atoms with Crippen molar-refractivity contribution in [2.75, 3.05) is 5.32 Å². The van der Waals surface area contributed by atoms with Crippen molar-refractivity contribution < 1.29 is 4.79 Å². The van der Waals surface area contributed by atoms with Crippen LogP contribution in [0.3, 0.4) is 0 Å². The van der Waals surface area contributed by atoms with Crippen molar-refractivity contribution in [1.29, 1.82) is 0 Å². The minimum absolute atomic E-state index is 0.0354. The minimum Gasteiger partial charge on any atom is -0.353 e. The van der Waals surface area contributed by atoms with E-state index in [-0.39, 0.29) is 5.91 Å². The lowest BCUT2D eigenvalue weighted by Crippen LogP contribution is -2.38. The molecule has 4 rings (SSSR count). The van der Waals surface area contributed by atoms with Gasteiger partial charge in [-0.25, -0.2) is 0 Å². The van der Waals surface area contributed by atoms with Gasteiger partial charge in [-0.1, -0.05) is 36.2 Å². The summed E-state index contributed by atoms with van der Waals surface area (Å²) in [4.78, 5) is 14.0. The van der Waals surface area contributed by atoms with E-state index < -0.39 is 6.17 Å². The molecule has 3 nitrogen and oxygen atoms in total. The summed E-state index contributed by atoms with van der Waals surface area (Å²) in [6.07, 6.45) is 2.78. The fourth-order valence-electron chi connectivity index (χ4n) is 3.39. The number of hydrogen-bond acceptors (Lipinski definition) is 3. The lowest BCUT2D eigenvalue weighted by molar-refractivity contribution is 0.0935. The topological polar surface area (TPSA) is 41.1 Å². The number of thiophene rings is 1. The molecule has 120 valence electrons. The summed E-state index contributed by atoms with van der Waals surface area (Å²) in [5, 5.41) is 8.46. The second-order valence-electron chi connectivity index (χ2n) is 6.24. The molecule has 1 aromatic heterocycles. The molecule has 0 fully saturated rings. The summed E-state index contributed by atoms with van der Waals surface area (Å²) in [6.45, 7) is 2.27. The average Bonchev–Trinajstić information content (AvgIpc) is 2.84. The van der Waals surface area contributed by atoms with Crippen molar-refractivity contribution in [3.63, 3.8) is 0 Å². The molecule has 2 heterocycles. The zero-order valence-electron chi connectivity index (χ0n) is 12.6. The standard InChI is InChI=1S/C17H16Cl2N2OS/c1-8-5-6-9-12(7-8)23-17-13(9)16(22)20-15(21-17)14-10(18)3-2-4-11(14)19/h2-4,8,15,21H,5-7H2,1H3,(H,20,22)/t8-,15+/m0/s1. The first-order valence-corrected chi connectivity index (χ1v) is 9.27. The van der Waals surface area contributed by atoms with Gasteiger partial charge in [0.2, 0.25) is 0 Å². The van der Waals surface area contributed by atoms with E-state index in [1.807, 2.05) is 0 Å². The Morgan fingerprint density at radius 2 is 1.96 bits per heavy atom. The summed E-state index contributed by atoms with van der Waals surface area (Å²) in [5.74, 6) is 0.645. The highest BCUT2D eigenvalue weighted by atomic mass is 35.5. The number of benzene rings is 1. The number of anilines is 1. The van der Waals surface area contributed by atoms with Gasteiger partial charge in [0.1, 0.15) is 11.2 Å². The van der Waals surface area contributed by atoms with Crippen LogP contribution >= 0.6 is 34.5 Å². The molecule has 2 atom stereocenters. The van der Waals surface area contributed by atoms with E-state index in [9.17, 15) is 4.79 Å². The van der Waals surface area contributed by atoms with Crippen LogP contribution in [0.15, 0.2) is 18.2 Å². The van der Waals surface area contributed by atoms with Gasteiger partial charge in [0.05, 0.1) is 5.56 Å². The lowest BCUT2D eigenvalue weighted by atomic mass is 9.88. The van der Waals surface area contributed by atoms with Crippen molar-refractivity contribution in [3.05, 3.63) is 49.8 Å². The molecule has 23 heavy (non-hydrogen) atoms. The molecule has 1 amide bonds. The molecule has 1 aliphatic heterocycles. The minimum atomic E-state index is -0.395. The fraction of sp³-hybridized carbons (Fsp3) is 0.353. The summed E-state index contributed by atoms with van der Waals surface area (Å²) >= 11 is 14.3. The van der Waals surface area contributed by atoms with E-state index in [2.05, 4.69) is 17.6 Å². The average molecular weight is 367 g/mol. The number of fused-ring (bicyclic) bond motifs is 3. The number of amides is 1. The van der Waals surface area contributed by atoms with Crippen LogP contribution in [0.25, 0.3) is 0 Å². The number of hydrogen-bond donors (Lipinski definition) is 2. The predicted molar refractivity (Wildman–Crippen MR) is 95.8 cm³/mol. The van der Waals surface area contributed by atoms with Crippen LogP contribution in [0.5, 0.6) is 0 Å². The smallest absolute Gasteiger partial charge is 0.256 e. The quantitative estimate of drug-likeness (QED) is 0.742. The Morgan fingerprint density at radius 1 is 1.22 bits per heavy atom. The maximum Gasteiger partial charge on any atom is 0.256 e. The molecule has 0 bridgehead atoms. The van der Waals surface area contributed by atoms with Crippen molar-refractivity contribution in [2.45, 2.75) is 32.4 Å². The Labute approximate surface area is 149 Å². The zero-order valence-corrected chi connectivity index (χ0v) is 14.9. The SMILES string of the molecule is C[C@H]1CCc2c(sc3c2C(=O)N[C@@H](c2c(Cl)cccc2Cl)N3)C1. The first kappa shape index (κ1) is 15.3. The maximum absolute atomic E-state index is 12.7. The van der Waals surface area contributed by atoms with Crippen LogP contribution in [0.2, 0.25) is 10.0 Å². The largest absolute Gasteiger partial charge is 0.353 e.